The Morgan fingerprint density at radius 2 is 1.77 bits per heavy atom. The molecule has 0 radical (unpaired) electrons. The molecule has 1 spiro atoms. The van der Waals surface area contributed by atoms with Gasteiger partial charge in [0, 0.05) is 18.2 Å². The summed E-state index contributed by atoms with van der Waals surface area (Å²) in [7, 11) is 3.32. The van der Waals surface area contributed by atoms with Gasteiger partial charge in [0.15, 0.2) is 0 Å². The van der Waals surface area contributed by atoms with E-state index in [9.17, 15) is 9.59 Å². The van der Waals surface area contributed by atoms with E-state index >= 15 is 0 Å². The first-order valence-electron chi connectivity index (χ1n) is 11.2. The normalized spacial score (nSPS) is 24.6. The lowest BCUT2D eigenvalue weighted by Gasteiger charge is -2.31. The Bertz CT molecular complexity index is 789. The van der Waals surface area contributed by atoms with Gasteiger partial charge < -0.3 is 14.8 Å². The largest absolute Gasteiger partial charge is 0.497 e. The number of amides is 3. The van der Waals surface area contributed by atoms with E-state index in [1.807, 2.05) is 18.2 Å². The van der Waals surface area contributed by atoms with Crippen molar-refractivity contribution in [3.63, 3.8) is 0 Å². The average molecular weight is 416 g/mol. The number of ether oxygens (including phenoxy) is 2. The molecule has 7 heteroatoms. The first kappa shape index (κ1) is 21.0. The topological polar surface area (TPSA) is 71.1 Å². The molecule has 2 saturated heterocycles. The Morgan fingerprint density at radius 3 is 2.47 bits per heavy atom. The van der Waals surface area contributed by atoms with Crippen molar-refractivity contribution in [3.05, 3.63) is 23.8 Å². The third-order valence-electron chi connectivity index (χ3n) is 6.94. The number of urea groups is 1. The Labute approximate surface area is 178 Å². The van der Waals surface area contributed by atoms with Crippen LogP contribution in [-0.4, -0.2) is 54.7 Å². The zero-order chi connectivity index (χ0) is 21.1. The van der Waals surface area contributed by atoms with Gasteiger partial charge in [0.1, 0.15) is 17.0 Å². The van der Waals surface area contributed by atoms with Crippen LogP contribution in [0.25, 0.3) is 0 Å². The predicted molar refractivity (Wildman–Crippen MR) is 114 cm³/mol. The van der Waals surface area contributed by atoms with Crippen LogP contribution in [0, 0.1) is 0 Å². The third kappa shape index (κ3) is 3.87. The number of rotatable bonds is 5. The van der Waals surface area contributed by atoms with Crippen molar-refractivity contribution in [2.24, 2.45) is 0 Å². The third-order valence-corrected chi connectivity index (χ3v) is 6.94. The minimum Gasteiger partial charge on any atom is -0.497 e. The molecule has 3 fully saturated rings. The lowest BCUT2D eigenvalue weighted by Crippen LogP contribution is -2.48. The molecular formula is C23H33N3O4. The second-order valence-electron chi connectivity index (χ2n) is 8.73. The quantitative estimate of drug-likeness (QED) is 0.740. The zero-order valence-electron chi connectivity index (χ0n) is 18.1. The van der Waals surface area contributed by atoms with Crippen molar-refractivity contribution in [2.45, 2.75) is 69.4 Å². The van der Waals surface area contributed by atoms with Gasteiger partial charge in [0.2, 0.25) is 0 Å². The summed E-state index contributed by atoms with van der Waals surface area (Å²) in [6.45, 7) is 1.16. The molecule has 3 amide bonds. The number of methoxy groups -OCH3 is 2. The lowest BCUT2D eigenvalue weighted by molar-refractivity contribution is -0.133. The van der Waals surface area contributed by atoms with Crippen LogP contribution in [0.3, 0.4) is 0 Å². The number of hydrogen-bond donors (Lipinski definition) is 1. The number of carbonyl (C=O) groups is 2. The summed E-state index contributed by atoms with van der Waals surface area (Å²) in [5.41, 5.74) is 0.350. The number of benzene rings is 1. The average Bonchev–Trinajstić information content (AvgIpc) is 3.29. The summed E-state index contributed by atoms with van der Waals surface area (Å²) in [5.74, 6) is 1.54. The summed E-state index contributed by atoms with van der Waals surface area (Å²) in [6, 6.07) is 5.65. The van der Waals surface area contributed by atoms with Crippen LogP contribution in [0.4, 0.5) is 4.79 Å². The molecule has 164 valence electrons. The van der Waals surface area contributed by atoms with E-state index in [2.05, 4.69) is 10.2 Å². The van der Waals surface area contributed by atoms with Crippen molar-refractivity contribution in [2.75, 3.05) is 27.4 Å². The molecular weight excluding hydrogens is 382 g/mol. The highest BCUT2D eigenvalue weighted by Crippen LogP contribution is 2.40. The molecule has 0 bridgehead atoms. The van der Waals surface area contributed by atoms with E-state index < -0.39 is 5.54 Å². The summed E-state index contributed by atoms with van der Waals surface area (Å²) >= 11 is 0. The molecule has 7 nitrogen and oxygen atoms in total. The smallest absolute Gasteiger partial charge is 0.326 e. The van der Waals surface area contributed by atoms with Crippen molar-refractivity contribution < 1.29 is 19.1 Å². The fraction of sp³-hybridized carbons (Fsp3) is 0.652. The molecule has 1 atom stereocenters. The van der Waals surface area contributed by atoms with Crippen molar-refractivity contribution >= 4 is 11.9 Å². The van der Waals surface area contributed by atoms with Crippen LogP contribution >= 0.6 is 0 Å². The zero-order valence-corrected chi connectivity index (χ0v) is 18.1. The van der Waals surface area contributed by atoms with Gasteiger partial charge in [-0.15, -0.1) is 0 Å². The second-order valence-corrected chi connectivity index (χ2v) is 8.73. The fourth-order valence-electron chi connectivity index (χ4n) is 5.28. The second kappa shape index (κ2) is 8.84. The molecule has 2 heterocycles. The first-order valence-corrected chi connectivity index (χ1v) is 11.2. The molecule has 30 heavy (non-hydrogen) atoms. The van der Waals surface area contributed by atoms with Gasteiger partial charge in [-0.3, -0.25) is 9.69 Å². The Balaban J connectivity index is 1.53. The van der Waals surface area contributed by atoms with E-state index in [0.717, 1.165) is 75.0 Å². The molecule has 3 aliphatic rings. The lowest BCUT2D eigenvalue weighted by atomic mass is 9.84. The van der Waals surface area contributed by atoms with Crippen LogP contribution < -0.4 is 14.8 Å². The van der Waals surface area contributed by atoms with E-state index in [1.165, 1.54) is 11.3 Å². The summed E-state index contributed by atoms with van der Waals surface area (Å²) in [4.78, 5) is 29.9. The van der Waals surface area contributed by atoms with Gasteiger partial charge in [-0.25, -0.2) is 9.69 Å². The summed E-state index contributed by atoms with van der Waals surface area (Å²) < 4.78 is 11.0. The van der Waals surface area contributed by atoms with Crippen LogP contribution in [-0.2, 0) is 4.79 Å². The highest BCUT2D eigenvalue weighted by atomic mass is 16.5. The van der Waals surface area contributed by atoms with Crippen LogP contribution in [0.1, 0.15) is 69.4 Å². The van der Waals surface area contributed by atoms with E-state index in [0.29, 0.717) is 6.67 Å². The molecule has 0 unspecified atom stereocenters. The maximum Gasteiger partial charge on any atom is 0.326 e. The molecule has 2 aliphatic heterocycles. The van der Waals surface area contributed by atoms with Gasteiger partial charge in [-0.2, -0.15) is 0 Å². The molecule has 1 saturated carbocycles. The molecule has 1 aliphatic carbocycles. The van der Waals surface area contributed by atoms with Gasteiger partial charge in [-0.05, 0) is 43.9 Å². The SMILES string of the molecule is COc1ccc(OC)c([C@@H]2CCCN2CN2C(=O)NC3(CCCCCCC3)C2=O)c1. The van der Waals surface area contributed by atoms with Crippen LogP contribution in [0.15, 0.2) is 18.2 Å². The van der Waals surface area contributed by atoms with Crippen LogP contribution in [0.2, 0.25) is 0 Å². The van der Waals surface area contributed by atoms with E-state index in [-0.39, 0.29) is 18.0 Å². The minimum atomic E-state index is -0.694. The minimum absolute atomic E-state index is 0.0438. The monoisotopic (exact) mass is 415 g/mol. The van der Waals surface area contributed by atoms with Crippen molar-refractivity contribution in [1.29, 1.82) is 0 Å². The van der Waals surface area contributed by atoms with Crippen molar-refractivity contribution in [3.8, 4) is 11.5 Å². The number of nitrogens with zero attached hydrogens (tertiary/aromatic N) is 2. The number of carbonyl (C=O) groups excluding carboxylic acids is 2. The summed E-state index contributed by atoms with van der Waals surface area (Å²) in [6.07, 6.45) is 8.95. The van der Waals surface area contributed by atoms with E-state index in [1.54, 1.807) is 14.2 Å². The Hall–Kier alpha value is -2.28. The predicted octanol–water partition coefficient (Wildman–Crippen LogP) is 3.83. The molecule has 1 N–H and O–H groups in total. The number of imide groups is 1. The standard InChI is InChI=1S/C23H33N3O4/c1-29-17-10-11-20(30-2)18(15-17)19-9-8-14-25(19)16-26-21(27)23(24-22(26)28)12-6-4-3-5-7-13-23/h10-11,15,19H,3-9,12-14,16H2,1-2H3,(H,24,28)/t19-/m0/s1. The van der Waals surface area contributed by atoms with Gasteiger partial charge >= 0.3 is 6.03 Å². The van der Waals surface area contributed by atoms with Crippen LogP contribution in [0.5, 0.6) is 11.5 Å². The highest BCUT2D eigenvalue weighted by Gasteiger charge is 2.51. The Morgan fingerprint density at radius 1 is 1.03 bits per heavy atom. The first-order chi connectivity index (χ1) is 14.6. The molecule has 0 aromatic heterocycles. The number of nitrogens with one attached hydrogen (secondary N) is 1. The van der Waals surface area contributed by atoms with Gasteiger partial charge in [0.05, 0.1) is 20.9 Å². The van der Waals surface area contributed by atoms with Gasteiger partial charge in [0.25, 0.3) is 5.91 Å². The summed E-state index contributed by atoms with van der Waals surface area (Å²) in [5, 5.41) is 3.07. The maximum atomic E-state index is 13.4. The Kier molecular flexibility index (Phi) is 6.18. The number of hydrogen-bond acceptors (Lipinski definition) is 5. The number of likely N-dealkylation sites (tertiary alicyclic amines) is 1. The van der Waals surface area contributed by atoms with E-state index in [4.69, 9.17) is 9.47 Å². The molecule has 1 aromatic carbocycles. The highest BCUT2D eigenvalue weighted by molar-refractivity contribution is 6.07. The fourth-order valence-corrected chi connectivity index (χ4v) is 5.28. The molecule has 4 rings (SSSR count). The van der Waals surface area contributed by atoms with Gasteiger partial charge in [-0.1, -0.05) is 32.1 Å². The maximum absolute atomic E-state index is 13.4. The molecule has 1 aromatic rings. The van der Waals surface area contributed by atoms with Crippen molar-refractivity contribution in [1.82, 2.24) is 15.1 Å².